The Morgan fingerprint density at radius 2 is 2.25 bits per heavy atom. The van der Waals surface area contributed by atoms with E-state index in [1.807, 2.05) is 10.8 Å². The Kier molecular flexibility index (Phi) is 2.74. The fourth-order valence-corrected chi connectivity index (χ4v) is 1.59. The van der Waals surface area contributed by atoms with E-state index >= 15 is 0 Å². The van der Waals surface area contributed by atoms with Crippen LogP contribution in [0.1, 0.15) is 33.2 Å². The molecular weight excluding hydrogens is 150 g/mol. The molecule has 0 saturated heterocycles. The smallest absolute Gasteiger partial charge is 0.200 e. The number of imidazole rings is 1. The summed E-state index contributed by atoms with van der Waals surface area (Å²) in [6.45, 7) is 6.57. The second-order valence-corrected chi connectivity index (χ2v) is 3.41. The highest BCUT2D eigenvalue weighted by Gasteiger charge is 2.14. The molecule has 3 nitrogen and oxygen atoms in total. The van der Waals surface area contributed by atoms with Crippen LogP contribution in [0.5, 0.6) is 0 Å². The van der Waals surface area contributed by atoms with Gasteiger partial charge in [0.15, 0.2) is 5.95 Å². The van der Waals surface area contributed by atoms with Crippen molar-refractivity contribution in [3.8, 4) is 0 Å². The van der Waals surface area contributed by atoms with E-state index in [1.165, 1.54) is 0 Å². The highest BCUT2D eigenvalue weighted by molar-refractivity contribution is 5.18. The molecule has 0 amide bonds. The van der Waals surface area contributed by atoms with Crippen molar-refractivity contribution in [1.29, 1.82) is 0 Å². The van der Waals surface area contributed by atoms with Crippen molar-refractivity contribution >= 4 is 5.95 Å². The third-order valence-corrected chi connectivity index (χ3v) is 2.24. The van der Waals surface area contributed by atoms with Crippen LogP contribution in [0.4, 0.5) is 5.95 Å². The topological polar surface area (TPSA) is 43.8 Å². The molecule has 1 rings (SSSR count). The van der Waals surface area contributed by atoms with Crippen molar-refractivity contribution in [3.63, 3.8) is 0 Å². The minimum absolute atomic E-state index is 0.479. The maximum absolute atomic E-state index is 5.71. The largest absolute Gasteiger partial charge is 0.369 e. The lowest BCUT2D eigenvalue weighted by molar-refractivity contribution is 0.370. The van der Waals surface area contributed by atoms with Crippen molar-refractivity contribution in [2.75, 3.05) is 5.73 Å². The maximum atomic E-state index is 5.71. The van der Waals surface area contributed by atoms with Gasteiger partial charge < -0.3 is 10.3 Å². The van der Waals surface area contributed by atoms with Gasteiger partial charge in [0.1, 0.15) is 0 Å². The normalized spacial score (nSPS) is 13.7. The molecule has 1 atom stereocenters. The van der Waals surface area contributed by atoms with Crippen LogP contribution in [0, 0.1) is 5.92 Å². The second-order valence-electron chi connectivity index (χ2n) is 3.41. The fraction of sp³-hybridized carbons (Fsp3) is 0.667. The van der Waals surface area contributed by atoms with E-state index in [2.05, 4.69) is 25.8 Å². The predicted octanol–water partition coefficient (Wildman–Crippen LogP) is 2.07. The zero-order valence-corrected chi connectivity index (χ0v) is 7.99. The summed E-state index contributed by atoms with van der Waals surface area (Å²) in [5.41, 5.74) is 5.71. The van der Waals surface area contributed by atoms with Gasteiger partial charge in [-0.1, -0.05) is 20.8 Å². The molecule has 0 radical (unpaired) electrons. The molecule has 1 unspecified atom stereocenters. The Morgan fingerprint density at radius 3 is 2.58 bits per heavy atom. The third-order valence-electron chi connectivity index (χ3n) is 2.24. The maximum Gasteiger partial charge on any atom is 0.200 e. The van der Waals surface area contributed by atoms with Crippen molar-refractivity contribution in [1.82, 2.24) is 9.55 Å². The fourth-order valence-electron chi connectivity index (χ4n) is 1.59. The van der Waals surface area contributed by atoms with Gasteiger partial charge in [-0.2, -0.15) is 0 Å². The van der Waals surface area contributed by atoms with Crippen LogP contribution in [-0.4, -0.2) is 9.55 Å². The monoisotopic (exact) mass is 167 g/mol. The molecule has 0 aliphatic heterocycles. The van der Waals surface area contributed by atoms with Gasteiger partial charge in [0.05, 0.1) is 0 Å². The van der Waals surface area contributed by atoms with Crippen molar-refractivity contribution in [3.05, 3.63) is 12.4 Å². The highest BCUT2D eigenvalue weighted by Crippen LogP contribution is 2.23. The summed E-state index contributed by atoms with van der Waals surface area (Å²) in [5.74, 6) is 1.22. The van der Waals surface area contributed by atoms with Crippen LogP contribution >= 0.6 is 0 Å². The number of rotatable bonds is 3. The number of nitrogen functional groups attached to an aromatic ring is 1. The molecule has 0 saturated carbocycles. The summed E-state index contributed by atoms with van der Waals surface area (Å²) < 4.78 is 2.05. The predicted molar refractivity (Wildman–Crippen MR) is 50.8 cm³/mol. The minimum Gasteiger partial charge on any atom is -0.369 e. The standard InChI is InChI=1S/C9H17N3/c1-4-8(7(2)3)12-6-5-11-9(12)10/h5-8H,4H2,1-3H3,(H2,10,11). The van der Waals surface area contributed by atoms with Gasteiger partial charge in [0.2, 0.25) is 0 Å². The van der Waals surface area contributed by atoms with Crippen molar-refractivity contribution in [2.45, 2.75) is 33.2 Å². The highest BCUT2D eigenvalue weighted by atomic mass is 15.2. The van der Waals surface area contributed by atoms with E-state index in [0.29, 0.717) is 17.9 Å². The zero-order chi connectivity index (χ0) is 9.14. The first-order valence-corrected chi connectivity index (χ1v) is 4.45. The van der Waals surface area contributed by atoms with Crippen molar-refractivity contribution in [2.24, 2.45) is 5.92 Å². The molecule has 0 bridgehead atoms. The number of hydrogen-bond donors (Lipinski definition) is 1. The summed E-state index contributed by atoms with van der Waals surface area (Å²) in [4.78, 5) is 4.01. The van der Waals surface area contributed by atoms with Crippen LogP contribution in [0.3, 0.4) is 0 Å². The molecule has 2 N–H and O–H groups in total. The number of nitrogens with zero attached hydrogens (tertiary/aromatic N) is 2. The average Bonchev–Trinajstić information content (AvgIpc) is 2.38. The lowest BCUT2D eigenvalue weighted by atomic mass is 10.0. The number of hydrogen-bond acceptors (Lipinski definition) is 2. The Bertz CT molecular complexity index is 240. The van der Waals surface area contributed by atoms with E-state index < -0.39 is 0 Å². The lowest BCUT2D eigenvalue weighted by Gasteiger charge is -2.21. The third kappa shape index (κ3) is 1.60. The number of aromatic nitrogens is 2. The van der Waals surface area contributed by atoms with E-state index in [1.54, 1.807) is 6.20 Å². The van der Waals surface area contributed by atoms with Crippen LogP contribution in [0.15, 0.2) is 12.4 Å². The minimum atomic E-state index is 0.479. The molecule has 1 heterocycles. The molecule has 0 fully saturated rings. The molecule has 68 valence electrons. The molecule has 12 heavy (non-hydrogen) atoms. The van der Waals surface area contributed by atoms with E-state index in [4.69, 9.17) is 5.73 Å². The molecule has 1 aromatic rings. The Balaban J connectivity index is 2.87. The molecule has 0 aliphatic carbocycles. The van der Waals surface area contributed by atoms with Crippen LogP contribution in [0.25, 0.3) is 0 Å². The van der Waals surface area contributed by atoms with Crippen molar-refractivity contribution < 1.29 is 0 Å². The first-order valence-electron chi connectivity index (χ1n) is 4.45. The number of anilines is 1. The van der Waals surface area contributed by atoms with Crippen LogP contribution in [0.2, 0.25) is 0 Å². The van der Waals surface area contributed by atoms with Gasteiger partial charge in [-0.05, 0) is 12.3 Å². The van der Waals surface area contributed by atoms with E-state index in [9.17, 15) is 0 Å². The summed E-state index contributed by atoms with van der Waals surface area (Å²) in [7, 11) is 0. The second kappa shape index (κ2) is 3.61. The Labute approximate surface area is 73.6 Å². The summed E-state index contributed by atoms with van der Waals surface area (Å²) in [6, 6.07) is 0.479. The molecule has 0 aliphatic rings. The van der Waals surface area contributed by atoms with Crippen LogP contribution in [-0.2, 0) is 0 Å². The first-order chi connectivity index (χ1) is 5.66. The SMILES string of the molecule is CCC(C(C)C)n1ccnc1N. The Hall–Kier alpha value is -0.990. The summed E-state index contributed by atoms with van der Waals surface area (Å²) in [5, 5.41) is 0. The molecule has 1 aromatic heterocycles. The van der Waals surface area contributed by atoms with E-state index in [0.717, 1.165) is 6.42 Å². The first kappa shape index (κ1) is 9.10. The summed E-state index contributed by atoms with van der Waals surface area (Å²) >= 11 is 0. The molecule has 0 aromatic carbocycles. The quantitative estimate of drug-likeness (QED) is 0.749. The van der Waals surface area contributed by atoms with E-state index in [-0.39, 0.29) is 0 Å². The van der Waals surface area contributed by atoms with Gasteiger partial charge in [-0.15, -0.1) is 0 Å². The zero-order valence-electron chi connectivity index (χ0n) is 7.99. The summed E-state index contributed by atoms with van der Waals surface area (Å²) in [6.07, 6.45) is 4.79. The molecule has 0 spiro atoms. The van der Waals surface area contributed by atoms with Crippen LogP contribution < -0.4 is 5.73 Å². The van der Waals surface area contributed by atoms with Gasteiger partial charge in [0.25, 0.3) is 0 Å². The molecular formula is C9H17N3. The Morgan fingerprint density at radius 1 is 1.58 bits per heavy atom. The van der Waals surface area contributed by atoms with Gasteiger partial charge in [-0.3, -0.25) is 0 Å². The lowest BCUT2D eigenvalue weighted by Crippen LogP contribution is -2.15. The number of nitrogens with two attached hydrogens (primary N) is 1. The van der Waals surface area contributed by atoms with Gasteiger partial charge in [0, 0.05) is 18.4 Å². The average molecular weight is 167 g/mol. The molecule has 3 heteroatoms. The van der Waals surface area contributed by atoms with Gasteiger partial charge in [-0.25, -0.2) is 4.98 Å². The van der Waals surface area contributed by atoms with Gasteiger partial charge >= 0.3 is 0 Å².